The zero-order chi connectivity index (χ0) is 16.9. The van der Waals surface area contributed by atoms with Crippen molar-refractivity contribution < 1.29 is 14.3 Å². The summed E-state index contributed by atoms with van der Waals surface area (Å²) < 4.78 is 6.78. The van der Waals surface area contributed by atoms with E-state index in [4.69, 9.17) is 4.74 Å². The highest BCUT2D eigenvalue weighted by Gasteiger charge is 2.29. The number of carbonyl (C=O) groups excluding carboxylic acids is 2. The molecule has 0 bridgehead atoms. The molecule has 1 heterocycles. The number of nitrogens with one attached hydrogen (secondary N) is 1. The summed E-state index contributed by atoms with van der Waals surface area (Å²) in [7, 11) is 0. The molecular weight excluding hydrogens is 306 g/mol. The number of hydrogen-bond donors (Lipinski definition) is 1. The minimum Gasteiger partial charge on any atom is -0.461 e. The third-order valence-corrected chi connectivity index (χ3v) is 3.90. The van der Waals surface area contributed by atoms with Crippen LogP contribution in [0.25, 0.3) is 0 Å². The minimum atomic E-state index is -0.410. The molecule has 1 aromatic heterocycles. The average molecular weight is 327 g/mol. The normalized spacial score (nSPS) is 13.5. The van der Waals surface area contributed by atoms with Crippen molar-refractivity contribution in [2.45, 2.75) is 38.6 Å². The standard InChI is InChI=1S/C18H21N3O3/c1-2-24-18(23)15-12-16(13-8-9-13)21(20-15)11-10-17(22)19-14-6-4-3-5-7-14/h3-7,12-13H,2,8-11H2,1H3,(H,19,22). The van der Waals surface area contributed by atoms with Gasteiger partial charge in [-0.25, -0.2) is 4.79 Å². The zero-order valence-corrected chi connectivity index (χ0v) is 13.7. The highest BCUT2D eigenvalue weighted by Crippen LogP contribution is 2.40. The van der Waals surface area contributed by atoms with Gasteiger partial charge in [0.25, 0.3) is 0 Å². The van der Waals surface area contributed by atoms with E-state index in [1.807, 2.05) is 30.3 Å². The van der Waals surface area contributed by atoms with Crippen molar-refractivity contribution >= 4 is 17.6 Å². The Morgan fingerprint density at radius 1 is 1.29 bits per heavy atom. The molecule has 0 spiro atoms. The molecule has 0 atom stereocenters. The lowest BCUT2D eigenvalue weighted by Crippen LogP contribution is -2.16. The van der Waals surface area contributed by atoms with Gasteiger partial charge in [0.2, 0.25) is 5.91 Å². The second-order valence-corrected chi connectivity index (χ2v) is 5.84. The fourth-order valence-electron chi connectivity index (χ4n) is 2.58. The van der Waals surface area contributed by atoms with Crippen LogP contribution in [-0.4, -0.2) is 28.3 Å². The lowest BCUT2D eigenvalue weighted by molar-refractivity contribution is -0.116. The molecule has 1 fully saturated rings. The van der Waals surface area contributed by atoms with E-state index in [2.05, 4.69) is 10.4 Å². The van der Waals surface area contributed by atoms with E-state index < -0.39 is 5.97 Å². The molecule has 0 aliphatic heterocycles. The highest BCUT2D eigenvalue weighted by molar-refractivity contribution is 5.90. The monoisotopic (exact) mass is 327 g/mol. The fraction of sp³-hybridized carbons (Fsp3) is 0.389. The van der Waals surface area contributed by atoms with E-state index in [0.717, 1.165) is 24.2 Å². The first-order valence-electron chi connectivity index (χ1n) is 8.27. The maximum atomic E-state index is 12.1. The van der Waals surface area contributed by atoms with Gasteiger partial charge in [-0.15, -0.1) is 0 Å². The summed E-state index contributed by atoms with van der Waals surface area (Å²) in [5, 5.41) is 7.19. The topological polar surface area (TPSA) is 73.2 Å². The van der Waals surface area contributed by atoms with Gasteiger partial charge in [-0.3, -0.25) is 9.48 Å². The summed E-state index contributed by atoms with van der Waals surface area (Å²) in [6, 6.07) is 11.1. The summed E-state index contributed by atoms with van der Waals surface area (Å²) >= 11 is 0. The van der Waals surface area contributed by atoms with Crippen molar-refractivity contribution in [2.24, 2.45) is 0 Å². The molecule has 1 amide bonds. The smallest absolute Gasteiger partial charge is 0.358 e. The van der Waals surface area contributed by atoms with Crippen LogP contribution in [-0.2, 0) is 16.1 Å². The number of nitrogens with zero attached hydrogens (tertiary/aromatic N) is 2. The summed E-state index contributed by atoms with van der Waals surface area (Å²) in [6.07, 6.45) is 2.51. The second kappa shape index (κ2) is 7.29. The number of para-hydroxylation sites is 1. The number of hydrogen-bond acceptors (Lipinski definition) is 4. The van der Waals surface area contributed by atoms with Gasteiger partial charge in [0.1, 0.15) is 0 Å². The number of benzene rings is 1. The lowest BCUT2D eigenvalue weighted by Gasteiger charge is -2.07. The van der Waals surface area contributed by atoms with Gasteiger partial charge >= 0.3 is 5.97 Å². The zero-order valence-electron chi connectivity index (χ0n) is 13.7. The van der Waals surface area contributed by atoms with Gasteiger partial charge in [-0.1, -0.05) is 18.2 Å². The van der Waals surface area contributed by atoms with Crippen molar-refractivity contribution in [1.82, 2.24) is 9.78 Å². The third kappa shape index (κ3) is 4.01. The van der Waals surface area contributed by atoms with E-state index >= 15 is 0 Å². The van der Waals surface area contributed by atoms with Gasteiger partial charge in [0.15, 0.2) is 5.69 Å². The van der Waals surface area contributed by atoms with Crippen LogP contribution in [0.15, 0.2) is 36.4 Å². The van der Waals surface area contributed by atoms with Gasteiger partial charge in [-0.2, -0.15) is 5.10 Å². The number of aryl methyl sites for hydroxylation is 1. The number of ether oxygens (including phenoxy) is 1. The fourth-order valence-corrected chi connectivity index (χ4v) is 2.58. The van der Waals surface area contributed by atoms with E-state index in [-0.39, 0.29) is 5.91 Å². The SMILES string of the molecule is CCOC(=O)c1cc(C2CC2)n(CCC(=O)Nc2ccccc2)n1. The Morgan fingerprint density at radius 3 is 2.71 bits per heavy atom. The summed E-state index contributed by atoms with van der Waals surface area (Å²) in [4.78, 5) is 23.9. The Morgan fingerprint density at radius 2 is 2.04 bits per heavy atom. The first-order valence-corrected chi connectivity index (χ1v) is 8.27. The molecule has 3 rings (SSSR count). The second-order valence-electron chi connectivity index (χ2n) is 5.84. The molecule has 1 aliphatic rings. The van der Waals surface area contributed by atoms with Crippen LogP contribution >= 0.6 is 0 Å². The van der Waals surface area contributed by atoms with Crippen LogP contribution in [0.4, 0.5) is 5.69 Å². The van der Waals surface area contributed by atoms with Crippen molar-refractivity contribution in [2.75, 3.05) is 11.9 Å². The predicted molar refractivity (Wildman–Crippen MR) is 89.8 cm³/mol. The van der Waals surface area contributed by atoms with E-state index in [9.17, 15) is 9.59 Å². The average Bonchev–Trinajstić information content (AvgIpc) is 3.33. The first kappa shape index (κ1) is 16.2. The molecule has 6 nitrogen and oxygen atoms in total. The van der Waals surface area contributed by atoms with Crippen molar-refractivity contribution in [1.29, 1.82) is 0 Å². The molecule has 6 heteroatoms. The Bertz CT molecular complexity index is 720. The first-order chi connectivity index (χ1) is 11.7. The molecule has 1 N–H and O–H groups in total. The van der Waals surface area contributed by atoms with Crippen molar-refractivity contribution in [3.63, 3.8) is 0 Å². The molecule has 0 unspecified atom stereocenters. The van der Waals surface area contributed by atoms with Crippen LogP contribution in [0, 0.1) is 0 Å². The number of anilines is 1. The Hall–Kier alpha value is -2.63. The third-order valence-electron chi connectivity index (χ3n) is 3.90. The summed E-state index contributed by atoms with van der Waals surface area (Å²) in [5.41, 5.74) is 2.12. The number of amides is 1. The minimum absolute atomic E-state index is 0.0730. The molecule has 1 aliphatic carbocycles. The van der Waals surface area contributed by atoms with Gasteiger partial charge in [-0.05, 0) is 38.0 Å². The summed E-state index contributed by atoms with van der Waals surface area (Å²) in [6.45, 7) is 2.54. The van der Waals surface area contributed by atoms with E-state index in [0.29, 0.717) is 31.2 Å². The Labute approximate surface area is 140 Å². The van der Waals surface area contributed by atoms with Gasteiger partial charge in [0, 0.05) is 23.7 Å². The van der Waals surface area contributed by atoms with Crippen molar-refractivity contribution in [3.05, 3.63) is 47.8 Å². The van der Waals surface area contributed by atoms with Gasteiger partial charge in [0.05, 0.1) is 13.2 Å². The van der Waals surface area contributed by atoms with Crippen molar-refractivity contribution in [3.8, 4) is 0 Å². The molecule has 0 radical (unpaired) electrons. The van der Waals surface area contributed by atoms with Crippen LogP contribution in [0.5, 0.6) is 0 Å². The van der Waals surface area contributed by atoms with Crippen LogP contribution in [0.3, 0.4) is 0 Å². The lowest BCUT2D eigenvalue weighted by atomic mass is 10.2. The maximum Gasteiger partial charge on any atom is 0.358 e. The maximum absolute atomic E-state index is 12.1. The molecule has 24 heavy (non-hydrogen) atoms. The van der Waals surface area contributed by atoms with Gasteiger partial charge < -0.3 is 10.1 Å². The number of esters is 1. The number of carbonyl (C=O) groups is 2. The van der Waals surface area contributed by atoms with Crippen LogP contribution < -0.4 is 5.32 Å². The molecule has 1 aromatic carbocycles. The predicted octanol–water partition coefficient (Wildman–Crippen LogP) is 2.97. The highest BCUT2D eigenvalue weighted by atomic mass is 16.5. The quantitative estimate of drug-likeness (QED) is 0.794. The van der Waals surface area contributed by atoms with E-state index in [1.165, 1.54) is 0 Å². The molecule has 2 aromatic rings. The molecule has 1 saturated carbocycles. The summed E-state index contributed by atoms with van der Waals surface area (Å²) in [5.74, 6) is -0.0409. The Balaban J connectivity index is 1.63. The van der Waals surface area contributed by atoms with Crippen LogP contribution in [0.2, 0.25) is 0 Å². The molecule has 126 valence electrons. The Kier molecular flexibility index (Phi) is 4.93. The van der Waals surface area contributed by atoms with E-state index in [1.54, 1.807) is 17.7 Å². The molecule has 0 saturated heterocycles. The largest absolute Gasteiger partial charge is 0.461 e. The number of aromatic nitrogens is 2. The number of rotatable bonds is 7. The molecular formula is C18H21N3O3. The van der Waals surface area contributed by atoms with Crippen LogP contribution in [0.1, 0.15) is 48.3 Å².